The molecule has 0 spiro atoms. The van der Waals surface area contributed by atoms with Gasteiger partial charge in [-0.05, 0) is 20.3 Å². The Balaban J connectivity index is 3.60. The molecule has 0 aromatic rings. The third kappa shape index (κ3) is 7.19. The van der Waals surface area contributed by atoms with Gasteiger partial charge in [-0.3, -0.25) is 9.59 Å². The van der Waals surface area contributed by atoms with E-state index >= 15 is 0 Å². The summed E-state index contributed by atoms with van der Waals surface area (Å²) in [5.41, 5.74) is 0. The Hall–Kier alpha value is -0.770. The Morgan fingerprint density at radius 2 is 1.93 bits per heavy atom. The van der Waals surface area contributed by atoms with Crippen molar-refractivity contribution in [3.8, 4) is 0 Å². The van der Waals surface area contributed by atoms with E-state index < -0.39 is 5.38 Å². The van der Waals surface area contributed by atoms with Gasteiger partial charge in [0.2, 0.25) is 11.8 Å². The van der Waals surface area contributed by atoms with Gasteiger partial charge >= 0.3 is 0 Å². The molecule has 0 saturated carbocycles. The molecule has 0 aliphatic heterocycles. The molecule has 2 unspecified atom stereocenters. The summed E-state index contributed by atoms with van der Waals surface area (Å²) in [6.45, 7) is 5.87. The molecule has 0 aromatic carbocycles. The molecule has 0 aromatic heterocycles. The zero-order valence-corrected chi connectivity index (χ0v) is 10.2. The first-order valence-electron chi connectivity index (χ1n) is 5.18. The Morgan fingerprint density at radius 1 is 1.33 bits per heavy atom. The van der Waals surface area contributed by atoms with Crippen LogP contribution in [0.3, 0.4) is 0 Å². The molecule has 0 bridgehead atoms. The number of halogens is 1. The average molecular weight is 235 g/mol. The second-order valence-electron chi connectivity index (χ2n) is 3.53. The lowest BCUT2D eigenvalue weighted by atomic mass is 10.2. The third-order valence-corrected chi connectivity index (χ3v) is 2.23. The first-order valence-corrected chi connectivity index (χ1v) is 5.62. The van der Waals surface area contributed by atoms with Crippen LogP contribution in [0.2, 0.25) is 0 Å². The maximum absolute atomic E-state index is 11.3. The van der Waals surface area contributed by atoms with Crippen LogP contribution in [0.5, 0.6) is 0 Å². The van der Waals surface area contributed by atoms with E-state index in [1.165, 1.54) is 0 Å². The summed E-state index contributed by atoms with van der Waals surface area (Å²) in [6, 6.07) is 0.181. The number of carbonyl (C=O) groups is 2. The van der Waals surface area contributed by atoms with E-state index in [0.29, 0.717) is 13.0 Å². The van der Waals surface area contributed by atoms with E-state index in [1.807, 2.05) is 13.8 Å². The molecule has 0 heterocycles. The van der Waals surface area contributed by atoms with Crippen LogP contribution in [-0.4, -0.2) is 29.8 Å². The highest BCUT2D eigenvalue weighted by molar-refractivity contribution is 6.30. The van der Waals surface area contributed by atoms with E-state index in [0.717, 1.165) is 6.42 Å². The van der Waals surface area contributed by atoms with E-state index in [1.54, 1.807) is 6.92 Å². The molecule has 0 aliphatic carbocycles. The summed E-state index contributed by atoms with van der Waals surface area (Å²) in [5.74, 6) is -0.292. The van der Waals surface area contributed by atoms with Crippen LogP contribution in [0, 0.1) is 0 Å². The molecule has 0 rings (SSSR count). The summed E-state index contributed by atoms with van der Waals surface area (Å²) in [7, 11) is 0. The van der Waals surface area contributed by atoms with Gasteiger partial charge in [-0.15, -0.1) is 11.6 Å². The minimum absolute atomic E-state index is 0.0492. The average Bonchev–Trinajstić information content (AvgIpc) is 2.17. The smallest absolute Gasteiger partial charge is 0.237 e. The van der Waals surface area contributed by atoms with E-state index in [2.05, 4.69) is 10.6 Å². The summed E-state index contributed by atoms with van der Waals surface area (Å²) in [4.78, 5) is 22.3. The van der Waals surface area contributed by atoms with Crippen LogP contribution < -0.4 is 10.6 Å². The van der Waals surface area contributed by atoms with Crippen LogP contribution in [0.1, 0.15) is 33.6 Å². The van der Waals surface area contributed by atoms with Crippen molar-refractivity contribution in [3.63, 3.8) is 0 Å². The Morgan fingerprint density at radius 3 is 2.40 bits per heavy atom. The minimum atomic E-state index is -0.553. The zero-order chi connectivity index (χ0) is 11.8. The Kier molecular flexibility index (Phi) is 7.13. The molecule has 4 nitrogen and oxygen atoms in total. The summed E-state index contributed by atoms with van der Waals surface area (Å²) in [6.07, 6.45) is 1.19. The van der Waals surface area contributed by atoms with Crippen molar-refractivity contribution in [1.82, 2.24) is 10.6 Å². The predicted molar refractivity (Wildman–Crippen MR) is 60.8 cm³/mol. The van der Waals surface area contributed by atoms with Crippen molar-refractivity contribution in [2.24, 2.45) is 0 Å². The Labute approximate surface area is 95.7 Å². The van der Waals surface area contributed by atoms with Gasteiger partial charge in [-0.25, -0.2) is 0 Å². The summed E-state index contributed by atoms with van der Waals surface area (Å²) in [5, 5.41) is 4.83. The maximum Gasteiger partial charge on any atom is 0.237 e. The van der Waals surface area contributed by atoms with Crippen LogP contribution >= 0.6 is 11.6 Å². The Bertz CT molecular complexity index is 219. The molecule has 0 saturated heterocycles. The summed E-state index contributed by atoms with van der Waals surface area (Å²) >= 11 is 5.54. The van der Waals surface area contributed by atoms with Crippen molar-refractivity contribution in [2.45, 2.75) is 45.0 Å². The van der Waals surface area contributed by atoms with Crippen LogP contribution in [-0.2, 0) is 9.59 Å². The van der Waals surface area contributed by atoms with Gasteiger partial charge in [0.25, 0.3) is 0 Å². The normalized spacial score (nSPS) is 14.1. The van der Waals surface area contributed by atoms with Gasteiger partial charge < -0.3 is 10.6 Å². The highest BCUT2D eigenvalue weighted by atomic mass is 35.5. The lowest BCUT2D eigenvalue weighted by Gasteiger charge is -2.11. The number of hydrogen-bond acceptors (Lipinski definition) is 2. The second-order valence-corrected chi connectivity index (χ2v) is 4.19. The first kappa shape index (κ1) is 14.2. The number of amides is 2. The number of carbonyl (C=O) groups excluding carboxylic acids is 2. The maximum atomic E-state index is 11.3. The zero-order valence-electron chi connectivity index (χ0n) is 9.47. The monoisotopic (exact) mass is 234 g/mol. The lowest BCUT2D eigenvalue weighted by Crippen LogP contribution is -2.36. The molecule has 0 radical (unpaired) electrons. The highest BCUT2D eigenvalue weighted by Crippen LogP contribution is 1.93. The van der Waals surface area contributed by atoms with Crippen molar-refractivity contribution in [3.05, 3.63) is 0 Å². The minimum Gasteiger partial charge on any atom is -0.354 e. The van der Waals surface area contributed by atoms with Gasteiger partial charge in [-0.2, -0.15) is 0 Å². The highest BCUT2D eigenvalue weighted by Gasteiger charge is 2.09. The first-order chi connectivity index (χ1) is 6.97. The molecule has 0 aliphatic rings. The molecule has 2 amide bonds. The number of nitrogens with one attached hydrogen (secondary N) is 2. The van der Waals surface area contributed by atoms with Crippen LogP contribution in [0.15, 0.2) is 0 Å². The topological polar surface area (TPSA) is 58.2 Å². The summed E-state index contributed by atoms with van der Waals surface area (Å²) < 4.78 is 0. The SMILES string of the molecule is CCC(C)NC(=O)CCNC(=O)C(C)Cl. The second kappa shape index (κ2) is 7.51. The van der Waals surface area contributed by atoms with Crippen LogP contribution in [0.25, 0.3) is 0 Å². The quantitative estimate of drug-likeness (QED) is 0.675. The van der Waals surface area contributed by atoms with Crippen molar-refractivity contribution < 1.29 is 9.59 Å². The van der Waals surface area contributed by atoms with E-state index in [-0.39, 0.29) is 17.9 Å². The van der Waals surface area contributed by atoms with Gasteiger partial charge in [0.1, 0.15) is 5.38 Å². The van der Waals surface area contributed by atoms with Crippen molar-refractivity contribution in [1.29, 1.82) is 0 Å². The molecule has 88 valence electrons. The van der Waals surface area contributed by atoms with Gasteiger partial charge in [0, 0.05) is 19.0 Å². The molecule has 2 atom stereocenters. The number of rotatable bonds is 6. The van der Waals surface area contributed by atoms with E-state index in [9.17, 15) is 9.59 Å². The van der Waals surface area contributed by atoms with Crippen molar-refractivity contribution >= 4 is 23.4 Å². The van der Waals surface area contributed by atoms with Gasteiger partial charge in [0.05, 0.1) is 0 Å². The number of hydrogen-bond donors (Lipinski definition) is 2. The molecule has 2 N–H and O–H groups in total. The van der Waals surface area contributed by atoms with Crippen molar-refractivity contribution in [2.75, 3.05) is 6.54 Å². The van der Waals surface area contributed by atoms with E-state index in [4.69, 9.17) is 11.6 Å². The van der Waals surface area contributed by atoms with Gasteiger partial charge in [0.15, 0.2) is 0 Å². The standard InChI is InChI=1S/C10H19ClN2O2/c1-4-7(2)13-9(14)5-6-12-10(15)8(3)11/h7-8H,4-6H2,1-3H3,(H,12,15)(H,13,14). The fourth-order valence-electron chi connectivity index (χ4n) is 0.889. The van der Waals surface area contributed by atoms with Gasteiger partial charge in [-0.1, -0.05) is 6.92 Å². The number of alkyl halides is 1. The third-order valence-electron chi connectivity index (χ3n) is 2.03. The predicted octanol–water partition coefficient (Wildman–Crippen LogP) is 1.03. The molecule has 5 heteroatoms. The molecular weight excluding hydrogens is 216 g/mol. The lowest BCUT2D eigenvalue weighted by molar-refractivity contribution is -0.122. The molecule has 15 heavy (non-hydrogen) atoms. The largest absolute Gasteiger partial charge is 0.354 e. The van der Waals surface area contributed by atoms with Crippen LogP contribution in [0.4, 0.5) is 0 Å². The molecular formula is C10H19ClN2O2. The fraction of sp³-hybridized carbons (Fsp3) is 0.800. The molecule has 0 fully saturated rings. The fourth-order valence-corrected chi connectivity index (χ4v) is 0.966.